The topological polar surface area (TPSA) is 62.3 Å². The number of carbonyl (C=O) groups excluding carboxylic acids is 2. The zero-order valence-electron chi connectivity index (χ0n) is 12.1. The third-order valence-corrected chi connectivity index (χ3v) is 4.38. The zero-order valence-corrected chi connectivity index (χ0v) is 13.7. The van der Waals surface area contributed by atoms with Crippen molar-refractivity contribution >= 4 is 46.2 Å². The molecular formula is C16H10FN3O2S2. The van der Waals surface area contributed by atoms with Gasteiger partial charge in [-0.3, -0.25) is 20.0 Å². The molecule has 0 atom stereocenters. The number of thiocarbonyl (C=S) groups is 1. The highest BCUT2D eigenvalue weighted by atomic mass is 32.2. The van der Waals surface area contributed by atoms with Crippen molar-refractivity contribution in [1.29, 1.82) is 0 Å². The van der Waals surface area contributed by atoms with Crippen molar-refractivity contribution in [1.82, 2.24) is 15.4 Å². The molecule has 120 valence electrons. The van der Waals surface area contributed by atoms with Crippen molar-refractivity contribution in [2.45, 2.75) is 0 Å². The molecule has 2 amide bonds. The largest absolute Gasteiger partial charge is 0.285 e. The van der Waals surface area contributed by atoms with Gasteiger partial charge >= 0.3 is 0 Å². The van der Waals surface area contributed by atoms with E-state index in [1.54, 1.807) is 24.3 Å². The quantitative estimate of drug-likeness (QED) is 0.674. The number of benzene rings is 1. The number of nitrogens with one attached hydrogen (secondary N) is 1. The fourth-order valence-corrected chi connectivity index (χ4v) is 3.15. The van der Waals surface area contributed by atoms with Crippen LogP contribution in [0.3, 0.4) is 0 Å². The molecule has 5 nitrogen and oxygen atoms in total. The van der Waals surface area contributed by atoms with E-state index in [2.05, 4.69) is 10.4 Å². The summed E-state index contributed by atoms with van der Waals surface area (Å²) in [6.07, 6.45) is 4.45. The van der Waals surface area contributed by atoms with Crippen LogP contribution in [0.15, 0.2) is 53.7 Å². The maximum absolute atomic E-state index is 13.2. The van der Waals surface area contributed by atoms with Gasteiger partial charge in [0.25, 0.3) is 11.8 Å². The number of hydrazine groups is 1. The summed E-state index contributed by atoms with van der Waals surface area (Å²) in [6, 6.07) is 9.03. The van der Waals surface area contributed by atoms with Crippen LogP contribution in [0.4, 0.5) is 4.39 Å². The molecule has 3 rings (SSSR count). The SMILES string of the molecule is O=C(NN1C(=O)C(=Cc2cccc(F)c2)SC1=S)c1cccnc1. The summed E-state index contributed by atoms with van der Waals surface area (Å²) in [5.74, 6) is -1.36. The van der Waals surface area contributed by atoms with E-state index >= 15 is 0 Å². The molecular weight excluding hydrogens is 349 g/mol. The van der Waals surface area contributed by atoms with Crippen LogP contribution < -0.4 is 5.43 Å². The van der Waals surface area contributed by atoms with Crippen LogP contribution in [-0.4, -0.2) is 26.1 Å². The molecule has 2 heterocycles. The number of rotatable bonds is 3. The van der Waals surface area contributed by atoms with Crippen LogP contribution in [-0.2, 0) is 4.79 Å². The van der Waals surface area contributed by atoms with Gasteiger partial charge in [0.2, 0.25) is 0 Å². The summed E-state index contributed by atoms with van der Waals surface area (Å²) < 4.78 is 13.4. The molecule has 1 aliphatic rings. The van der Waals surface area contributed by atoms with Gasteiger partial charge in [-0.05, 0) is 48.1 Å². The maximum Gasteiger partial charge on any atom is 0.285 e. The van der Waals surface area contributed by atoms with Crippen LogP contribution in [0.25, 0.3) is 6.08 Å². The van der Waals surface area contributed by atoms with E-state index in [-0.39, 0.29) is 4.32 Å². The monoisotopic (exact) mass is 359 g/mol. The van der Waals surface area contributed by atoms with Gasteiger partial charge in [-0.25, -0.2) is 4.39 Å². The van der Waals surface area contributed by atoms with E-state index in [9.17, 15) is 14.0 Å². The maximum atomic E-state index is 13.2. The van der Waals surface area contributed by atoms with Crippen molar-refractivity contribution in [2.75, 3.05) is 0 Å². The van der Waals surface area contributed by atoms with Gasteiger partial charge in [0.15, 0.2) is 4.32 Å². The van der Waals surface area contributed by atoms with Crippen LogP contribution in [0.2, 0.25) is 0 Å². The molecule has 1 fully saturated rings. The van der Waals surface area contributed by atoms with E-state index < -0.39 is 17.6 Å². The molecule has 0 unspecified atom stereocenters. The Kier molecular flexibility index (Phi) is 4.68. The highest BCUT2D eigenvalue weighted by Gasteiger charge is 2.33. The Bertz CT molecular complexity index is 855. The Balaban J connectivity index is 1.78. The van der Waals surface area contributed by atoms with Gasteiger partial charge in [-0.15, -0.1) is 0 Å². The summed E-state index contributed by atoms with van der Waals surface area (Å²) in [4.78, 5) is 28.7. The summed E-state index contributed by atoms with van der Waals surface area (Å²) in [7, 11) is 0. The van der Waals surface area contributed by atoms with Crippen molar-refractivity contribution < 1.29 is 14.0 Å². The Morgan fingerprint density at radius 3 is 2.88 bits per heavy atom. The standard InChI is InChI=1S/C16H10FN3O2S2/c17-12-5-1-3-10(7-12)8-13-15(22)20(16(23)24-13)19-14(21)11-4-2-6-18-9-11/h1-9H,(H,19,21). The van der Waals surface area contributed by atoms with E-state index in [1.807, 2.05) is 0 Å². The van der Waals surface area contributed by atoms with Crippen molar-refractivity contribution in [2.24, 2.45) is 0 Å². The summed E-state index contributed by atoms with van der Waals surface area (Å²) >= 11 is 6.16. The number of hydrogen-bond donors (Lipinski definition) is 1. The van der Waals surface area contributed by atoms with Gasteiger partial charge < -0.3 is 0 Å². The smallest absolute Gasteiger partial charge is 0.267 e. The molecule has 0 spiro atoms. The number of thioether (sulfide) groups is 1. The van der Waals surface area contributed by atoms with Crippen molar-refractivity contribution in [3.05, 3.63) is 70.6 Å². The minimum absolute atomic E-state index is 0.194. The van der Waals surface area contributed by atoms with Crippen molar-refractivity contribution in [3.8, 4) is 0 Å². The highest BCUT2D eigenvalue weighted by Crippen LogP contribution is 2.31. The Morgan fingerprint density at radius 1 is 1.33 bits per heavy atom. The third kappa shape index (κ3) is 3.50. The average Bonchev–Trinajstić information content (AvgIpc) is 2.83. The molecule has 1 aliphatic heterocycles. The normalized spacial score (nSPS) is 15.9. The minimum atomic E-state index is -0.494. The number of hydrogen-bond acceptors (Lipinski definition) is 5. The second-order valence-corrected chi connectivity index (χ2v) is 6.43. The number of halogens is 1. The molecule has 0 radical (unpaired) electrons. The summed E-state index contributed by atoms with van der Waals surface area (Å²) in [5.41, 5.74) is 3.29. The van der Waals surface area contributed by atoms with Gasteiger partial charge in [0.1, 0.15) is 5.82 Å². The number of amides is 2. The molecule has 8 heteroatoms. The van der Waals surface area contributed by atoms with Crippen LogP contribution in [0, 0.1) is 5.82 Å². The second-order valence-electron chi connectivity index (χ2n) is 4.75. The van der Waals surface area contributed by atoms with Gasteiger partial charge in [-0.2, -0.15) is 5.01 Å². The Labute approximate surface area is 146 Å². The molecule has 1 aromatic carbocycles. The predicted octanol–water partition coefficient (Wildman–Crippen LogP) is 2.77. The van der Waals surface area contributed by atoms with E-state index in [0.29, 0.717) is 16.0 Å². The molecule has 1 aromatic heterocycles. The lowest BCUT2D eigenvalue weighted by Crippen LogP contribution is -2.44. The molecule has 2 aromatic rings. The molecule has 0 bridgehead atoms. The number of carbonyl (C=O) groups is 2. The summed E-state index contributed by atoms with van der Waals surface area (Å²) in [6.45, 7) is 0. The third-order valence-electron chi connectivity index (χ3n) is 3.08. The first-order chi connectivity index (χ1) is 11.5. The number of aromatic nitrogens is 1. The predicted molar refractivity (Wildman–Crippen MR) is 93.1 cm³/mol. The summed E-state index contributed by atoms with van der Waals surface area (Å²) in [5, 5.41) is 1.00. The highest BCUT2D eigenvalue weighted by molar-refractivity contribution is 8.26. The fraction of sp³-hybridized carbons (Fsp3) is 0. The lowest BCUT2D eigenvalue weighted by Gasteiger charge is -2.15. The lowest BCUT2D eigenvalue weighted by atomic mass is 10.2. The first-order valence-electron chi connectivity index (χ1n) is 6.79. The molecule has 1 saturated heterocycles. The van der Waals surface area contributed by atoms with Crippen LogP contribution >= 0.6 is 24.0 Å². The number of nitrogens with zero attached hydrogens (tertiary/aromatic N) is 2. The first kappa shape index (κ1) is 16.3. The second kappa shape index (κ2) is 6.90. The molecule has 0 aliphatic carbocycles. The van der Waals surface area contributed by atoms with Gasteiger partial charge in [0, 0.05) is 12.4 Å². The van der Waals surface area contributed by atoms with Gasteiger partial charge in [-0.1, -0.05) is 23.9 Å². The Morgan fingerprint density at radius 2 is 2.17 bits per heavy atom. The van der Waals surface area contributed by atoms with Crippen LogP contribution in [0.5, 0.6) is 0 Å². The van der Waals surface area contributed by atoms with Crippen LogP contribution in [0.1, 0.15) is 15.9 Å². The Hall–Kier alpha value is -2.58. The van der Waals surface area contributed by atoms with E-state index in [0.717, 1.165) is 16.8 Å². The van der Waals surface area contributed by atoms with Crippen molar-refractivity contribution in [3.63, 3.8) is 0 Å². The zero-order chi connectivity index (χ0) is 17.1. The van der Waals surface area contributed by atoms with E-state index in [4.69, 9.17) is 12.2 Å². The number of pyridine rings is 1. The average molecular weight is 359 g/mol. The van der Waals surface area contributed by atoms with Gasteiger partial charge in [0.05, 0.1) is 10.5 Å². The molecule has 1 N–H and O–H groups in total. The lowest BCUT2D eigenvalue weighted by molar-refractivity contribution is -0.123. The molecule has 0 saturated carbocycles. The van der Waals surface area contributed by atoms with E-state index in [1.165, 1.54) is 30.6 Å². The first-order valence-corrected chi connectivity index (χ1v) is 8.01. The fourth-order valence-electron chi connectivity index (χ4n) is 1.97. The minimum Gasteiger partial charge on any atom is -0.267 e. The molecule has 24 heavy (non-hydrogen) atoms.